The van der Waals surface area contributed by atoms with Gasteiger partial charge in [-0.1, -0.05) is 6.07 Å². The summed E-state index contributed by atoms with van der Waals surface area (Å²) in [5, 5.41) is 4.42. The van der Waals surface area contributed by atoms with Gasteiger partial charge in [-0.3, -0.25) is 4.98 Å². The molecule has 2 heterocycles. The van der Waals surface area contributed by atoms with Gasteiger partial charge < -0.3 is 5.32 Å². The molecule has 0 aromatic carbocycles. The van der Waals surface area contributed by atoms with E-state index >= 15 is 0 Å². The van der Waals surface area contributed by atoms with Crippen molar-refractivity contribution in [2.75, 3.05) is 12.3 Å². The maximum absolute atomic E-state index is 4.31. The summed E-state index contributed by atoms with van der Waals surface area (Å²) in [5.41, 5.74) is 1.07. The van der Waals surface area contributed by atoms with Gasteiger partial charge in [0, 0.05) is 35.7 Å². The normalized spacial score (nSPS) is 10.5. The van der Waals surface area contributed by atoms with Crippen LogP contribution in [-0.2, 0) is 6.54 Å². The highest BCUT2D eigenvalue weighted by atomic mass is 79.9. The molecule has 3 nitrogen and oxygen atoms in total. The maximum atomic E-state index is 4.31. The van der Waals surface area contributed by atoms with Crippen molar-refractivity contribution in [2.24, 2.45) is 0 Å². The molecule has 0 saturated heterocycles. The summed E-state index contributed by atoms with van der Waals surface area (Å²) in [5.74, 6) is 1.00. The number of thioether (sulfide) groups is 1. The zero-order chi connectivity index (χ0) is 12.6. The molecule has 0 saturated carbocycles. The number of halogens is 1. The minimum absolute atomic E-state index is 0.815. The topological polar surface area (TPSA) is 37.8 Å². The number of rotatable bonds is 6. The summed E-state index contributed by atoms with van der Waals surface area (Å²) in [6.45, 7) is 1.76. The van der Waals surface area contributed by atoms with Crippen molar-refractivity contribution in [3.8, 4) is 0 Å². The molecule has 0 fully saturated rings. The molecule has 2 rings (SSSR count). The van der Waals surface area contributed by atoms with Crippen molar-refractivity contribution < 1.29 is 0 Å². The Labute approximate surface area is 120 Å². The Morgan fingerprint density at radius 3 is 2.83 bits per heavy atom. The van der Waals surface area contributed by atoms with Crippen LogP contribution in [0, 0.1) is 0 Å². The van der Waals surface area contributed by atoms with Crippen molar-refractivity contribution in [3.63, 3.8) is 0 Å². The summed E-state index contributed by atoms with van der Waals surface area (Å²) in [6.07, 6.45) is 3.64. The van der Waals surface area contributed by atoms with Gasteiger partial charge in [0.2, 0.25) is 0 Å². The molecule has 94 valence electrons. The Balaban J connectivity index is 1.63. The van der Waals surface area contributed by atoms with Crippen molar-refractivity contribution in [1.29, 1.82) is 0 Å². The second-order valence-corrected chi connectivity index (χ2v) is 5.69. The van der Waals surface area contributed by atoms with E-state index in [0.29, 0.717) is 0 Å². The van der Waals surface area contributed by atoms with Crippen molar-refractivity contribution in [1.82, 2.24) is 15.3 Å². The van der Waals surface area contributed by atoms with Crippen LogP contribution in [-0.4, -0.2) is 22.3 Å². The molecule has 0 atom stereocenters. The molecule has 0 unspecified atom stereocenters. The fourth-order valence-electron chi connectivity index (χ4n) is 1.39. The highest BCUT2D eigenvalue weighted by Gasteiger charge is 1.96. The van der Waals surface area contributed by atoms with Gasteiger partial charge in [-0.2, -0.15) is 0 Å². The van der Waals surface area contributed by atoms with Gasteiger partial charge in [-0.25, -0.2) is 4.98 Å². The second kappa shape index (κ2) is 7.51. The smallest absolute Gasteiger partial charge is 0.0961 e. The minimum atomic E-state index is 0.815. The van der Waals surface area contributed by atoms with Crippen LogP contribution >= 0.6 is 27.7 Å². The first kappa shape index (κ1) is 13.5. The summed E-state index contributed by atoms with van der Waals surface area (Å²) >= 11 is 5.12. The van der Waals surface area contributed by atoms with Crippen LogP contribution < -0.4 is 5.32 Å². The van der Waals surface area contributed by atoms with E-state index in [1.165, 1.54) is 0 Å². The predicted molar refractivity (Wildman–Crippen MR) is 78.6 cm³/mol. The first-order valence-corrected chi connectivity index (χ1v) is 7.47. The van der Waals surface area contributed by atoms with Crippen LogP contribution in [0.15, 0.2) is 52.2 Å². The third kappa shape index (κ3) is 4.76. The van der Waals surface area contributed by atoms with Crippen LogP contribution in [0.5, 0.6) is 0 Å². The van der Waals surface area contributed by atoms with Crippen LogP contribution in [0.1, 0.15) is 5.69 Å². The Kier molecular flexibility index (Phi) is 5.64. The second-order valence-electron chi connectivity index (χ2n) is 3.66. The summed E-state index contributed by atoms with van der Waals surface area (Å²) < 4.78 is 1.01. The first-order chi connectivity index (χ1) is 8.84. The fourth-order valence-corrected chi connectivity index (χ4v) is 2.38. The third-order valence-electron chi connectivity index (χ3n) is 2.26. The van der Waals surface area contributed by atoms with E-state index in [9.17, 15) is 0 Å². The molecule has 1 N–H and O–H groups in total. The number of pyridine rings is 2. The van der Waals surface area contributed by atoms with E-state index < -0.39 is 0 Å². The highest BCUT2D eigenvalue weighted by Crippen LogP contribution is 2.16. The number of aromatic nitrogens is 2. The van der Waals surface area contributed by atoms with E-state index in [-0.39, 0.29) is 0 Å². The average molecular weight is 324 g/mol. The first-order valence-electron chi connectivity index (χ1n) is 5.69. The molecular formula is C13H14BrN3S. The van der Waals surface area contributed by atoms with Crippen molar-refractivity contribution >= 4 is 27.7 Å². The number of nitrogens with one attached hydrogen (secondary N) is 1. The zero-order valence-electron chi connectivity index (χ0n) is 9.84. The fraction of sp³-hybridized carbons (Fsp3) is 0.231. The van der Waals surface area contributed by atoms with Crippen molar-refractivity contribution in [3.05, 3.63) is 52.9 Å². The molecule has 0 aliphatic heterocycles. The van der Waals surface area contributed by atoms with Gasteiger partial charge in [0.05, 0.1) is 10.7 Å². The van der Waals surface area contributed by atoms with Crippen LogP contribution in [0.3, 0.4) is 0 Å². The summed E-state index contributed by atoms with van der Waals surface area (Å²) in [7, 11) is 0. The lowest BCUT2D eigenvalue weighted by molar-refractivity contribution is 0.715. The monoisotopic (exact) mass is 323 g/mol. The van der Waals surface area contributed by atoms with Crippen LogP contribution in [0.2, 0.25) is 0 Å². The van der Waals surface area contributed by atoms with Gasteiger partial charge in [0.25, 0.3) is 0 Å². The van der Waals surface area contributed by atoms with E-state index in [0.717, 1.165) is 34.0 Å². The van der Waals surface area contributed by atoms with E-state index in [2.05, 4.69) is 31.2 Å². The van der Waals surface area contributed by atoms with Crippen molar-refractivity contribution in [2.45, 2.75) is 11.6 Å². The predicted octanol–water partition coefficient (Wildman–Crippen LogP) is 3.12. The minimum Gasteiger partial charge on any atom is -0.310 e. The molecule has 0 amide bonds. The molecule has 5 heteroatoms. The third-order valence-corrected chi connectivity index (χ3v) is 3.68. The maximum Gasteiger partial charge on any atom is 0.0961 e. The zero-order valence-corrected chi connectivity index (χ0v) is 12.2. The Morgan fingerprint density at radius 2 is 2.11 bits per heavy atom. The lowest BCUT2D eigenvalue weighted by Gasteiger charge is -2.04. The molecule has 18 heavy (non-hydrogen) atoms. The average Bonchev–Trinajstić information content (AvgIpc) is 2.42. The Hall–Kier alpha value is -0.910. The van der Waals surface area contributed by atoms with E-state index in [1.54, 1.807) is 11.8 Å². The largest absolute Gasteiger partial charge is 0.310 e. The quantitative estimate of drug-likeness (QED) is 0.654. The lowest BCUT2D eigenvalue weighted by Crippen LogP contribution is -2.17. The SMILES string of the molecule is Brc1ccc(SCCNCc2ccccn2)nc1. The highest BCUT2D eigenvalue weighted by molar-refractivity contribution is 9.10. The molecule has 2 aromatic rings. The molecule has 0 aliphatic rings. The number of nitrogens with zero attached hydrogens (tertiary/aromatic N) is 2. The van der Waals surface area contributed by atoms with E-state index in [4.69, 9.17) is 0 Å². The van der Waals surface area contributed by atoms with Crippen LogP contribution in [0.4, 0.5) is 0 Å². The molecule has 2 aromatic heterocycles. The molecule has 0 bridgehead atoms. The van der Waals surface area contributed by atoms with Gasteiger partial charge in [0.1, 0.15) is 0 Å². The van der Waals surface area contributed by atoms with Gasteiger partial charge in [-0.05, 0) is 40.2 Å². The molecule has 0 aliphatic carbocycles. The molecular weight excluding hydrogens is 310 g/mol. The van der Waals surface area contributed by atoms with Gasteiger partial charge in [0.15, 0.2) is 0 Å². The number of hydrogen-bond acceptors (Lipinski definition) is 4. The molecule has 0 radical (unpaired) electrons. The van der Waals surface area contributed by atoms with E-state index in [1.807, 2.05) is 42.7 Å². The molecule has 0 spiro atoms. The van der Waals surface area contributed by atoms with Gasteiger partial charge >= 0.3 is 0 Å². The summed E-state index contributed by atoms with van der Waals surface area (Å²) in [6, 6.07) is 9.99. The Morgan fingerprint density at radius 1 is 1.17 bits per heavy atom. The van der Waals surface area contributed by atoms with Gasteiger partial charge in [-0.15, -0.1) is 11.8 Å². The lowest BCUT2D eigenvalue weighted by atomic mass is 10.3. The van der Waals surface area contributed by atoms with Crippen LogP contribution in [0.25, 0.3) is 0 Å². The number of hydrogen-bond donors (Lipinski definition) is 1. The summed E-state index contributed by atoms with van der Waals surface area (Å²) in [4.78, 5) is 8.57. The standard InChI is InChI=1S/C13H14BrN3S/c14-11-4-5-13(17-9-11)18-8-7-15-10-12-3-1-2-6-16-12/h1-6,9,15H,7-8,10H2. The Bertz CT molecular complexity index is 461.